The van der Waals surface area contributed by atoms with E-state index in [4.69, 9.17) is 14.2 Å². The first kappa shape index (κ1) is 29.1. The number of carboxylic acids is 1. The van der Waals surface area contributed by atoms with Crippen LogP contribution in [0.2, 0.25) is 0 Å². The quantitative estimate of drug-likeness (QED) is 0.374. The van der Waals surface area contributed by atoms with Gasteiger partial charge in [-0.2, -0.15) is 0 Å². The van der Waals surface area contributed by atoms with Gasteiger partial charge in [0.15, 0.2) is 0 Å². The van der Waals surface area contributed by atoms with Crippen LogP contribution in [0.15, 0.2) is 33.9 Å². The van der Waals surface area contributed by atoms with E-state index in [0.717, 1.165) is 27.8 Å². The van der Waals surface area contributed by atoms with Crippen molar-refractivity contribution in [2.45, 2.75) is 83.4 Å². The largest absolute Gasteiger partial charge is 0.496 e. The summed E-state index contributed by atoms with van der Waals surface area (Å²) in [5.41, 5.74) is -1.58. The van der Waals surface area contributed by atoms with Crippen molar-refractivity contribution in [3.8, 4) is 5.75 Å². The standard InChI is InChI=1S/C31H39N3O7S/c1-17-24-27(35)34(31(2,3)29(36)37)30(38)33(28(24)42-25(17)26-32-12-13-40-26)16-23(21-10-5-6-11-22(21)39-4)41-20-14-18-8-7-9-19(18)15-20/h5-6,10-11,18-20,23,26,32H,7-9,12-16H2,1-4H3,(H,36,37)/t18-,19-,23-,26?/m0/s1. The Bertz CT molecular complexity index is 1600. The molecular formula is C31H39N3O7S. The average Bonchev–Trinajstić information content (AvgIpc) is 3.75. The number of aromatic nitrogens is 2. The number of hydrogen-bond donors (Lipinski definition) is 2. The van der Waals surface area contributed by atoms with Crippen LogP contribution in [-0.4, -0.2) is 46.6 Å². The van der Waals surface area contributed by atoms with E-state index in [2.05, 4.69) is 5.32 Å². The van der Waals surface area contributed by atoms with Gasteiger partial charge in [0.2, 0.25) is 0 Å². The van der Waals surface area contributed by atoms with Crippen LogP contribution >= 0.6 is 11.3 Å². The molecule has 3 aliphatic rings. The highest BCUT2D eigenvalue weighted by Crippen LogP contribution is 2.46. The van der Waals surface area contributed by atoms with Gasteiger partial charge in [0.05, 0.1) is 36.6 Å². The van der Waals surface area contributed by atoms with Crippen LogP contribution in [0.5, 0.6) is 5.75 Å². The average molecular weight is 598 g/mol. The summed E-state index contributed by atoms with van der Waals surface area (Å²) < 4.78 is 20.8. The molecule has 1 aliphatic heterocycles. The molecular weight excluding hydrogens is 558 g/mol. The maximum atomic E-state index is 14.3. The van der Waals surface area contributed by atoms with Crippen molar-refractivity contribution in [3.63, 3.8) is 0 Å². The number of ether oxygens (including phenoxy) is 3. The van der Waals surface area contributed by atoms with Crippen LogP contribution in [0.1, 0.15) is 74.3 Å². The topological polar surface area (TPSA) is 121 Å². The minimum atomic E-state index is -1.77. The fourth-order valence-electron chi connectivity index (χ4n) is 7.12. The number of carbonyl (C=O) groups is 1. The first-order valence-electron chi connectivity index (χ1n) is 14.8. The summed E-state index contributed by atoms with van der Waals surface area (Å²) in [6, 6.07) is 7.63. The lowest BCUT2D eigenvalue weighted by Crippen LogP contribution is -2.52. The predicted octanol–water partition coefficient (Wildman–Crippen LogP) is 4.32. The fraction of sp³-hybridized carbons (Fsp3) is 0.581. The molecule has 3 heterocycles. The Kier molecular flexibility index (Phi) is 7.80. The Balaban J connectivity index is 1.52. The van der Waals surface area contributed by atoms with Crippen molar-refractivity contribution in [2.75, 3.05) is 20.3 Å². The van der Waals surface area contributed by atoms with Crippen molar-refractivity contribution in [3.05, 3.63) is 61.1 Å². The molecule has 6 rings (SSSR count). The lowest BCUT2D eigenvalue weighted by atomic mass is 10.0. The highest BCUT2D eigenvalue weighted by Gasteiger charge is 2.40. The van der Waals surface area contributed by atoms with Gasteiger partial charge in [-0.15, -0.1) is 11.3 Å². The van der Waals surface area contributed by atoms with E-state index >= 15 is 0 Å². The third kappa shape index (κ3) is 4.90. The van der Waals surface area contributed by atoms with E-state index in [1.165, 1.54) is 49.0 Å². The van der Waals surface area contributed by atoms with Crippen LogP contribution in [0, 0.1) is 18.8 Å². The number of aryl methyl sites for hydroxylation is 1. The first-order chi connectivity index (χ1) is 20.1. The maximum absolute atomic E-state index is 14.3. The number of nitrogens with zero attached hydrogens (tertiary/aromatic N) is 2. The summed E-state index contributed by atoms with van der Waals surface area (Å²) in [5, 5.41) is 13.7. The number of fused-ring (bicyclic) bond motifs is 2. The van der Waals surface area contributed by atoms with Gasteiger partial charge in [0.25, 0.3) is 5.56 Å². The molecule has 1 unspecified atom stereocenters. The fourth-order valence-corrected chi connectivity index (χ4v) is 8.45. The highest BCUT2D eigenvalue weighted by atomic mass is 32.1. The molecule has 2 aliphatic carbocycles. The zero-order valence-corrected chi connectivity index (χ0v) is 25.4. The molecule has 2 N–H and O–H groups in total. The number of methoxy groups -OCH3 is 1. The number of carboxylic acid groups (broad SMARTS) is 1. The van der Waals surface area contributed by atoms with Crippen molar-refractivity contribution >= 4 is 27.5 Å². The zero-order valence-electron chi connectivity index (χ0n) is 24.6. The van der Waals surface area contributed by atoms with Gasteiger partial charge in [0, 0.05) is 12.1 Å². The van der Waals surface area contributed by atoms with E-state index in [0.29, 0.717) is 46.5 Å². The summed E-state index contributed by atoms with van der Waals surface area (Å²) >= 11 is 1.34. The second-order valence-electron chi connectivity index (χ2n) is 12.3. The number of nitrogens with one attached hydrogen (secondary N) is 1. The first-order valence-corrected chi connectivity index (χ1v) is 15.6. The molecule has 1 saturated heterocycles. The molecule has 0 spiro atoms. The van der Waals surface area contributed by atoms with E-state index in [-0.39, 0.29) is 12.6 Å². The smallest absolute Gasteiger partial charge is 0.333 e. The second kappa shape index (κ2) is 11.3. The number of aliphatic carboxylic acids is 1. The molecule has 42 heavy (non-hydrogen) atoms. The normalized spacial score (nSPS) is 23.5. The second-order valence-corrected chi connectivity index (χ2v) is 13.3. The molecule has 0 amide bonds. The molecule has 0 radical (unpaired) electrons. The molecule has 0 bridgehead atoms. The Morgan fingerprint density at radius 2 is 1.93 bits per heavy atom. The zero-order chi connectivity index (χ0) is 29.8. The Morgan fingerprint density at radius 3 is 2.57 bits per heavy atom. The minimum absolute atomic E-state index is 0.0412. The molecule has 11 heteroatoms. The van der Waals surface area contributed by atoms with Crippen LogP contribution in [-0.2, 0) is 26.4 Å². The van der Waals surface area contributed by atoms with E-state index in [9.17, 15) is 19.5 Å². The van der Waals surface area contributed by atoms with E-state index in [1.807, 2.05) is 31.2 Å². The number of thiophene rings is 1. The van der Waals surface area contributed by atoms with Crippen LogP contribution in [0.4, 0.5) is 0 Å². The van der Waals surface area contributed by atoms with Crippen LogP contribution in [0.3, 0.4) is 0 Å². The van der Waals surface area contributed by atoms with Crippen molar-refractivity contribution in [1.29, 1.82) is 0 Å². The number of benzene rings is 1. The minimum Gasteiger partial charge on any atom is -0.496 e. The van der Waals surface area contributed by atoms with E-state index < -0.39 is 35.1 Å². The molecule has 3 fully saturated rings. The molecule has 4 atom stereocenters. The van der Waals surface area contributed by atoms with Gasteiger partial charge in [-0.1, -0.05) is 37.5 Å². The number of hydrogen-bond acceptors (Lipinski definition) is 8. The summed E-state index contributed by atoms with van der Waals surface area (Å²) in [4.78, 5) is 41.8. The summed E-state index contributed by atoms with van der Waals surface area (Å²) in [5.74, 6) is 0.720. The number of para-hydroxylation sites is 1. The van der Waals surface area contributed by atoms with Gasteiger partial charge in [0.1, 0.15) is 28.5 Å². The third-order valence-electron chi connectivity index (χ3n) is 9.42. The molecule has 226 valence electrons. The van der Waals surface area contributed by atoms with Crippen LogP contribution in [0.25, 0.3) is 10.2 Å². The van der Waals surface area contributed by atoms with Gasteiger partial charge >= 0.3 is 11.7 Å². The maximum Gasteiger partial charge on any atom is 0.333 e. The van der Waals surface area contributed by atoms with Gasteiger partial charge in [-0.05, 0) is 57.1 Å². The molecule has 10 nitrogen and oxygen atoms in total. The predicted molar refractivity (Wildman–Crippen MR) is 159 cm³/mol. The third-order valence-corrected chi connectivity index (χ3v) is 10.8. The molecule has 2 aromatic heterocycles. The molecule has 1 aromatic carbocycles. The van der Waals surface area contributed by atoms with Gasteiger partial charge in [-0.25, -0.2) is 14.2 Å². The van der Waals surface area contributed by atoms with Gasteiger partial charge < -0.3 is 19.3 Å². The lowest BCUT2D eigenvalue weighted by Gasteiger charge is -2.27. The highest BCUT2D eigenvalue weighted by molar-refractivity contribution is 7.19. The Hall–Kier alpha value is -2.99. The van der Waals surface area contributed by atoms with Crippen molar-refractivity contribution in [2.24, 2.45) is 11.8 Å². The number of rotatable bonds is 9. The molecule has 3 aromatic rings. The van der Waals surface area contributed by atoms with Crippen molar-refractivity contribution in [1.82, 2.24) is 14.5 Å². The molecule has 2 saturated carbocycles. The monoisotopic (exact) mass is 597 g/mol. The lowest BCUT2D eigenvalue weighted by molar-refractivity contribution is -0.146. The van der Waals surface area contributed by atoms with Gasteiger partial charge in [-0.3, -0.25) is 14.7 Å². The Labute approximate surface area is 248 Å². The van der Waals surface area contributed by atoms with Crippen molar-refractivity contribution < 1.29 is 24.1 Å². The van der Waals surface area contributed by atoms with E-state index in [1.54, 1.807) is 7.11 Å². The summed E-state index contributed by atoms with van der Waals surface area (Å²) in [6.07, 6.45) is 4.78. The summed E-state index contributed by atoms with van der Waals surface area (Å²) in [6.45, 7) is 5.89. The Morgan fingerprint density at radius 1 is 1.21 bits per heavy atom. The summed E-state index contributed by atoms with van der Waals surface area (Å²) in [7, 11) is 1.61. The van der Waals surface area contributed by atoms with Crippen LogP contribution < -0.4 is 21.3 Å². The SMILES string of the molecule is COc1ccccc1[C@H](Cn1c(=O)n(C(C)(C)C(=O)O)c(=O)c2c(C)c(C3NCCO3)sc21)OC1C[C@@H]2CCC[C@H]2C1.